The molecule has 0 saturated heterocycles. The molecule has 3 rings (SSSR count). The Balaban J connectivity index is 1.87. The van der Waals surface area contributed by atoms with Crippen molar-refractivity contribution in [3.05, 3.63) is 65.0 Å². The van der Waals surface area contributed by atoms with Gasteiger partial charge in [-0.1, -0.05) is 31.0 Å². The summed E-state index contributed by atoms with van der Waals surface area (Å²) < 4.78 is 37.0. The summed E-state index contributed by atoms with van der Waals surface area (Å²) >= 11 is 0. The molecule has 0 heterocycles. The smallest absolute Gasteiger partial charge is 0.254 e. The normalized spacial score (nSPS) is 15.0. The molecule has 0 unspecified atom stereocenters. The van der Waals surface area contributed by atoms with Crippen molar-refractivity contribution >= 4 is 15.7 Å². The van der Waals surface area contributed by atoms with E-state index in [1.807, 2.05) is 11.8 Å². The first-order chi connectivity index (χ1) is 13.3. The third kappa shape index (κ3) is 4.79. The summed E-state index contributed by atoms with van der Waals surface area (Å²) in [4.78, 5) is 15.4. The van der Waals surface area contributed by atoms with Crippen LogP contribution in [-0.4, -0.2) is 38.1 Å². The molecule has 0 aliphatic heterocycles. The van der Waals surface area contributed by atoms with Crippen molar-refractivity contribution in [3.8, 4) is 0 Å². The van der Waals surface area contributed by atoms with Crippen molar-refractivity contribution in [2.45, 2.75) is 50.0 Å². The summed E-state index contributed by atoms with van der Waals surface area (Å²) in [6.45, 7) is 2.35. The van der Waals surface area contributed by atoms with Crippen LogP contribution in [0.4, 0.5) is 4.39 Å². The Morgan fingerprint density at radius 2 is 1.75 bits per heavy atom. The predicted molar refractivity (Wildman–Crippen MR) is 108 cm³/mol. The predicted octanol–water partition coefficient (Wildman–Crippen LogP) is 4.17. The van der Waals surface area contributed by atoms with Gasteiger partial charge in [-0.3, -0.25) is 4.79 Å². The highest BCUT2D eigenvalue weighted by Gasteiger charge is 2.28. The van der Waals surface area contributed by atoms with E-state index in [1.54, 1.807) is 24.3 Å². The second-order valence-corrected chi connectivity index (χ2v) is 9.58. The fourth-order valence-electron chi connectivity index (χ4n) is 3.78. The molecular formula is C22H26FNO3S. The molecule has 0 atom stereocenters. The molecule has 1 aliphatic rings. The van der Waals surface area contributed by atoms with Crippen LogP contribution in [0.2, 0.25) is 0 Å². The van der Waals surface area contributed by atoms with E-state index in [2.05, 4.69) is 0 Å². The number of halogens is 1. The Bertz CT molecular complexity index is 948. The van der Waals surface area contributed by atoms with Gasteiger partial charge in [-0.25, -0.2) is 12.8 Å². The zero-order valence-electron chi connectivity index (χ0n) is 16.3. The van der Waals surface area contributed by atoms with Gasteiger partial charge in [0, 0.05) is 24.4 Å². The van der Waals surface area contributed by atoms with Crippen LogP contribution in [0.15, 0.2) is 47.4 Å². The average molecular weight is 404 g/mol. The maximum atomic E-state index is 13.4. The number of sulfone groups is 1. The van der Waals surface area contributed by atoms with Crippen molar-refractivity contribution < 1.29 is 17.6 Å². The molecule has 2 aromatic carbocycles. The molecule has 1 amide bonds. The number of nitrogens with zero attached hydrogens (tertiary/aromatic N) is 1. The molecular weight excluding hydrogens is 377 g/mol. The molecule has 6 heteroatoms. The van der Waals surface area contributed by atoms with E-state index in [4.69, 9.17) is 0 Å². The second kappa shape index (κ2) is 8.43. The van der Waals surface area contributed by atoms with Crippen LogP contribution in [0.25, 0.3) is 0 Å². The van der Waals surface area contributed by atoms with E-state index in [-0.39, 0.29) is 22.7 Å². The molecule has 1 saturated carbocycles. The number of carbonyl (C=O) groups excluding carboxylic acids is 1. The molecule has 0 radical (unpaired) electrons. The summed E-state index contributed by atoms with van der Waals surface area (Å²) in [5.74, 6) is -0.405. The quantitative estimate of drug-likeness (QED) is 0.728. The number of carbonyl (C=O) groups is 1. The fourth-order valence-corrected chi connectivity index (χ4v) is 4.43. The highest BCUT2D eigenvalue weighted by Crippen LogP contribution is 2.27. The number of hydrogen-bond donors (Lipinski definition) is 0. The lowest BCUT2D eigenvalue weighted by Gasteiger charge is -2.30. The second-order valence-electron chi connectivity index (χ2n) is 7.56. The maximum Gasteiger partial charge on any atom is 0.254 e. The lowest BCUT2D eigenvalue weighted by molar-refractivity contribution is 0.0683. The van der Waals surface area contributed by atoms with Gasteiger partial charge in [0.2, 0.25) is 0 Å². The lowest BCUT2D eigenvalue weighted by atomic mass is 10.0. The van der Waals surface area contributed by atoms with E-state index in [0.717, 1.165) is 43.1 Å². The van der Waals surface area contributed by atoms with E-state index in [1.165, 1.54) is 18.2 Å². The first-order valence-electron chi connectivity index (χ1n) is 9.62. The van der Waals surface area contributed by atoms with Crippen molar-refractivity contribution in [1.82, 2.24) is 4.90 Å². The van der Waals surface area contributed by atoms with Gasteiger partial charge in [0.15, 0.2) is 9.84 Å². The van der Waals surface area contributed by atoms with Crippen LogP contribution < -0.4 is 0 Å². The maximum absolute atomic E-state index is 13.4. The monoisotopic (exact) mass is 403 g/mol. The first-order valence-corrected chi connectivity index (χ1v) is 11.5. The molecule has 1 aliphatic carbocycles. The molecule has 2 aromatic rings. The first kappa shape index (κ1) is 20.5. The number of rotatable bonds is 6. The Hall–Kier alpha value is -2.21. The SMILES string of the molecule is Cc1ccc(S(C)(=O)=O)cc1C(=O)N(CCc1ccc(F)cc1)C1CCCC1. The summed E-state index contributed by atoms with van der Waals surface area (Å²) in [5, 5.41) is 0. The molecule has 0 spiro atoms. The van der Waals surface area contributed by atoms with Gasteiger partial charge in [-0.2, -0.15) is 0 Å². The van der Waals surface area contributed by atoms with Gasteiger partial charge in [-0.05, 0) is 61.6 Å². The third-order valence-electron chi connectivity index (χ3n) is 5.45. The van der Waals surface area contributed by atoms with Gasteiger partial charge in [0.25, 0.3) is 5.91 Å². The summed E-state index contributed by atoms with van der Waals surface area (Å²) in [7, 11) is -3.39. The van der Waals surface area contributed by atoms with Gasteiger partial charge in [0.05, 0.1) is 4.90 Å². The highest BCUT2D eigenvalue weighted by atomic mass is 32.2. The molecule has 4 nitrogen and oxygen atoms in total. The fraction of sp³-hybridized carbons (Fsp3) is 0.409. The average Bonchev–Trinajstić information content (AvgIpc) is 3.17. The van der Waals surface area contributed by atoms with Gasteiger partial charge in [-0.15, -0.1) is 0 Å². The summed E-state index contributed by atoms with van der Waals surface area (Å²) in [6, 6.07) is 11.2. The van der Waals surface area contributed by atoms with Crippen molar-refractivity contribution in [3.63, 3.8) is 0 Å². The highest BCUT2D eigenvalue weighted by molar-refractivity contribution is 7.90. The van der Waals surface area contributed by atoms with E-state index >= 15 is 0 Å². The van der Waals surface area contributed by atoms with Crippen molar-refractivity contribution in [2.75, 3.05) is 12.8 Å². The van der Waals surface area contributed by atoms with Crippen LogP contribution >= 0.6 is 0 Å². The van der Waals surface area contributed by atoms with Crippen LogP contribution in [0.3, 0.4) is 0 Å². The minimum absolute atomic E-state index is 0.128. The Kier molecular flexibility index (Phi) is 6.18. The van der Waals surface area contributed by atoms with Crippen LogP contribution in [0.5, 0.6) is 0 Å². The zero-order chi connectivity index (χ0) is 20.3. The number of aryl methyl sites for hydroxylation is 1. The van der Waals surface area contributed by atoms with Crippen molar-refractivity contribution in [2.24, 2.45) is 0 Å². The Labute approximate surface area is 166 Å². The minimum Gasteiger partial charge on any atom is -0.335 e. The van der Waals surface area contributed by atoms with Gasteiger partial charge >= 0.3 is 0 Å². The third-order valence-corrected chi connectivity index (χ3v) is 6.56. The zero-order valence-corrected chi connectivity index (χ0v) is 17.1. The van der Waals surface area contributed by atoms with Crippen LogP contribution in [0, 0.1) is 12.7 Å². The number of benzene rings is 2. The van der Waals surface area contributed by atoms with Gasteiger partial charge in [0.1, 0.15) is 5.82 Å². The lowest BCUT2D eigenvalue weighted by Crippen LogP contribution is -2.40. The molecule has 0 aromatic heterocycles. The van der Waals surface area contributed by atoms with Crippen LogP contribution in [-0.2, 0) is 16.3 Å². The topological polar surface area (TPSA) is 54.5 Å². The molecule has 0 bridgehead atoms. The van der Waals surface area contributed by atoms with E-state index in [9.17, 15) is 17.6 Å². The largest absolute Gasteiger partial charge is 0.335 e. The molecule has 0 N–H and O–H groups in total. The standard InChI is InChI=1S/C22H26FNO3S/c1-16-7-12-20(28(2,26)27)15-21(16)22(25)24(19-5-3-4-6-19)14-13-17-8-10-18(23)11-9-17/h7-12,15,19H,3-6,13-14H2,1-2H3. The van der Waals surface area contributed by atoms with E-state index < -0.39 is 9.84 Å². The minimum atomic E-state index is -3.39. The summed E-state index contributed by atoms with van der Waals surface area (Å²) in [5.41, 5.74) is 2.18. The van der Waals surface area contributed by atoms with Gasteiger partial charge < -0.3 is 4.90 Å². The summed E-state index contributed by atoms with van der Waals surface area (Å²) in [6.07, 6.45) is 5.88. The molecule has 1 fully saturated rings. The molecule has 150 valence electrons. The Morgan fingerprint density at radius 3 is 2.36 bits per heavy atom. The van der Waals surface area contributed by atoms with Crippen molar-refractivity contribution in [1.29, 1.82) is 0 Å². The van der Waals surface area contributed by atoms with Crippen LogP contribution in [0.1, 0.15) is 47.2 Å². The Morgan fingerprint density at radius 1 is 1.11 bits per heavy atom. The molecule has 28 heavy (non-hydrogen) atoms. The van der Waals surface area contributed by atoms with E-state index in [0.29, 0.717) is 18.5 Å². The number of hydrogen-bond acceptors (Lipinski definition) is 3. The number of amides is 1.